The molecule has 0 aliphatic heterocycles. The van der Waals surface area contributed by atoms with E-state index in [1.807, 2.05) is 5.57 Å². The molecule has 19 heavy (non-hydrogen) atoms. The molecule has 0 aromatic carbocycles. The monoisotopic (exact) mass is 262 g/mol. The molecule has 0 bridgehead atoms. The minimum Gasteiger partial charge on any atom is -0.0851 e. The smallest absolute Gasteiger partial charge is 0.0203 e. The van der Waals surface area contributed by atoms with Gasteiger partial charge in [0.05, 0.1) is 0 Å². The highest BCUT2D eigenvalue weighted by Gasteiger charge is 2.15. The predicted octanol–water partition coefficient (Wildman–Crippen LogP) is 6.80. The Balaban J connectivity index is 1.90. The van der Waals surface area contributed by atoms with E-state index in [4.69, 9.17) is 0 Å². The van der Waals surface area contributed by atoms with Crippen molar-refractivity contribution in [3.63, 3.8) is 0 Å². The van der Waals surface area contributed by atoms with Gasteiger partial charge in [0.1, 0.15) is 0 Å². The molecule has 0 atom stereocenters. The molecule has 0 heteroatoms. The molecular formula is C19H34. The summed E-state index contributed by atoms with van der Waals surface area (Å²) >= 11 is 0. The molecule has 0 heterocycles. The maximum absolute atomic E-state index is 2.66. The third-order valence-electron chi connectivity index (χ3n) is 5.21. The summed E-state index contributed by atoms with van der Waals surface area (Å²) in [6.45, 7) is 0. The van der Waals surface area contributed by atoms with Gasteiger partial charge in [-0.3, -0.25) is 0 Å². The summed E-state index contributed by atoms with van der Waals surface area (Å²) in [7, 11) is 0. The zero-order valence-electron chi connectivity index (χ0n) is 13.0. The van der Waals surface area contributed by atoms with Crippen molar-refractivity contribution in [2.75, 3.05) is 0 Å². The highest BCUT2D eigenvalue weighted by Crippen LogP contribution is 2.31. The van der Waals surface area contributed by atoms with Crippen molar-refractivity contribution in [3.8, 4) is 0 Å². The number of hydrogen-bond acceptors (Lipinski definition) is 0. The normalized spacial score (nSPS) is 25.8. The highest BCUT2D eigenvalue weighted by atomic mass is 14.2. The van der Waals surface area contributed by atoms with E-state index >= 15 is 0 Å². The Morgan fingerprint density at radius 3 is 1.79 bits per heavy atom. The summed E-state index contributed by atoms with van der Waals surface area (Å²) in [5, 5.41) is 0. The lowest BCUT2D eigenvalue weighted by Gasteiger charge is -2.21. The summed E-state index contributed by atoms with van der Waals surface area (Å²) in [6, 6.07) is 0. The first kappa shape index (κ1) is 15.1. The zero-order valence-corrected chi connectivity index (χ0v) is 13.0. The largest absolute Gasteiger partial charge is 0.0851 e. The van der Waals surface area contributed by atoms with E-state index in [2.05, 4.69) is 6.08 Å². The van der Waals surface area contributed by atoms with E-state index in [1.54, 1.807) is 0 Å². The van der Waals surface area contributed by atoms with Gasteiger partial charge in [-0.15, -0.1) is 0 Å². The van der Waals surface area contributed by atoms with Crippen molar-refractivity contribution in [3.05, 3.63) is 11.6 Å². The van der Waals surface area contributed by atoms with Gasteiger partial charge in [-0.1, -0.05) is 75.9 Å². The first-order chi connectivity index (χ1) is 9.47. The molecule has 0 amide bonds. The van der Waals surface area contributed by atoms with Gasteiger partial charge in [0.25, 0.3) is 0 Å². The van der Waals surface area contributed by atoms with Crippen LogP contribution in [0.4, 0.5) is 0 Å². The molecule has 0 radical (unpaired) electrons. The van der Waals surface area contributed by atoms with E-state index < -0.39 is 0 Å². The number of hydrogen-bond donors (Lipinski definition) is 0. The standard InChI is InChI=1S/C19H34/c1-2-6-10-14-18(15-11-7-3-1)19-16-12-8-4-5-9-13-17-19/h14,19H,1-13,15-17H2. The first-order valence-corrected chi connectivity index (χ1v) is 9.16. The van der Waals surface area contributed by atoms with Crippen molar-refractivity contribution in [2.24, 2.45) is 5.92 Å². The molecule has 1 saturated carbocycles. The molecule has 0 aromatic heterocycles. The quantitative estimate of drug-likeness (QED) is 0.456. The van der Waals surface area contributed by atoms with Crippen molar-refractivity contribution >= 4 is 0 Å². The lowest BCUT2D eigenvalue weighted by molar-refractivity contribution is 0.460. The van der Waals surface area contributed by atoms with Gasteiger partial charge in [-0.05, 0) is 44.4 Å². The van der Waals surface area contributed by atoms with Gasteiger partial charge in [0, 0.05) is 0 Å². The lowest BCUT2D eigenvalue weighted by atomic mass is 9.85. The molecule has 0 spiro atoms. The van der Waals surface area contributed by atoms with Crippen molar-refractivity contribution in [1.29, 1.82) is 0 Å². The molecule has 110 valence electrons. The lowest BCUT2D eigenvalue weighted by Crippen LogP contribution is -2.06. The Hall–Kier alpha value is -0.260. The molecule has 2 rings (SSSR count). The first-order valence-electron chi connectivity index (χ1n) is 9.16. The van der Waals surface area contributed by atoms with Gasteiger partial charge in [0.2, 0.25) is 0 Å². The van der Waals surface area contributed by atoms with Crippen LogP contribution in [0.25, 0.3) is 0 Å². The topological polar surface area (TPSA) is 0 Å². The van der Waals surface area contributed by atoms with Crippen LogP contribution < -0.4 is 0 Å². The second-order valence-electron chi connectivity index (χ2n) is 6.83. The second kappa shape index (κ2) is 9.61. The molecule has 0 unspecified atom stereocenters. The van der Waals surface area contributed by atoms with Crippen molar-refractivity contribution in [2.45, 2.75) is 103 Å². The summed E-state index contributed by atoms with van der Waals surface area (Å²) in [5.74, 6) is 0.956. The molecular weight excluding hydrogens is 228 g/mol. The van der Waals surface area contributed by atoms with Crippen LogP contribution in [0.5, 0.6) is 0 Å². The number of allylic oxidation sites excluding steroid dienone is 2. The molecule has 0 N–H and O–H groups in total. The van der Waals surface area contributed by atoms with Crippen LogP contribution in [0.3, 0.4) is 0 Å². The van der Waals surface area contributed by atoms with Crippen molar-refractivity contribution < 1.29 is 0 Å². The predicted molar refractivity (Wildman–Crippen MR) is 85.4 cm³/mol. The van der Waals surface area contributed by atoms with Gasteiger partial charge in [0.15, 0.2) is 0 Å². The fourth-order valence-electron chi connectivity index (χ4n) is 3.94. The SMILES string of the molecule is C1=C(C2CCCCCCCC2)CCCCCCCC1. The zero-order chi connectivity index (χ0) is 13.2. The minimum absolute atomic E-state index is 0.956. The minimum atomic E-state index is 0.956. The average Bonchev–Trinajstić information content (AvgIpc) is 2.58. The summed E-state index contributed by atoms with van der Waals surface area (Å²) in [5.41, 5.74) is 1.86. The van der Waals surface area contributed by atoms with E-state index in [9.17, 15) is 0 Å². The van der Waals surface area contributed by atoms with Crippen LogP contribution in [0.1, 0.15) is 103 Å². The molecule has 2 aliphatic carbocycles. The summed E-state index contributed by atoms with van der Waals surface area (Å²) < 4.78 is 0. The van der Waals surface area contributed by atoms with Gasteiger partial charge in [-0.2, -0.15) is 0 Å². The van der Waals surface area contributed by atoms with E-state index in [1.165, 1.54) is 103 Å². The van der Waals surface area contributed by atoms with Crippen LogP contribution >= 0.6 is 0 Å². The fraction of sp³-hybridized carbons (Fsp3) is 0.895. The van der Waals surface area contributed by atoms with Gasteiger partial charge < -0.3 is 0 Å². The van der Waals surface area contributed by atoms with Crippen LogP contribution in [0.2, 0.25) is 0 Å². The average molecular weight is 262 g/mol. The Kier molecular flexibility index (Phi) is 7.66. The number of rotatable bonds is 1. The summed E-state index contributed by atoms with van der Waals surface area (Å²) in [4.78, 5) is 0. The van der Waals surface area contributed by atoms with E-state index in [0.717, 1.165) is 5.92 Å². The highest BCUT2D eigenvalue weighted by molar-refractivity contribution is 5.07. The Bertz CT molecular complexity index is 241. The third-order valence-corrected chi connectivity index (χ3v) is 5.21. The van der Waals surface area contributed by atoms with Crippen LogP contribution in [-0.4, -0.2) is 0 Å². The Labute approximate surface area is 121 Å². The van der Waals surface area contributed by atoms with E-state index in [-0.39, 0.29) is 0 Å². The van der Waals surface area contributed by atoms with Gasteiger partial charge in [-0.25, -0.2) is 0 Å². The summed E-state index contributed by atoms with van der Waals surface area (Å²) in [6.07, 6.45) is 26.2. The van der Waals surface area contributed by atoms with Crippen LogP contribution in [0, 0.1) is 5.92 Å². The maximum atomic E-state index is 2.66. The molecule has 0 nitrogen and oxygen atoms in total. The third kappa shape index (κ3) is 6.15. The van der Waals surface area contributed by atoms with Crippen LogP contribution in [-0.2, 0) is 0 Å². The fourth-order valence-corrected chi connectivity index (χ4v) is 3.94. The molecule has 0 saturated heterocycles. The van der Waals surface area contributed by atoms with Crippen molar-refractivity contribution in [1.82, 2.24) is 0 Å². The van der Waals surface area contributed by atoms with Gasteiger partial charge >= 0.3 is 0 Å². The Morgan fingerprint density at radius 2 is 1.11 bits per heavy atom. The maximum Gasteiger partial charge on any atom is -0.0203 e. The molecule has 2 aliphatic rings. The van der Waals surface area contributed by atoms with Crippen LogP contribution in [0.15, 0.2) is 11.6 Å². The Morgan fingerprint density at radius 1 is 0.579 bits per heavy atom. The molecule has 1 fully saturated rings. The second-order valence-corrected chi connectivity index (χ2v) is 6.83. The van der Waals surface area contributed by atoms with E-state index in [0.29, 0.717) is 0 Å². The molecule has 0 aromatic rings.